The maximum atomic E-state index is 12.2. The van der Waals surface area contributed by atoms with Crippen LogP contribution in [0.25, 0.3) is 0 Å². The van der Waals surface area contributed by atoms with Gasteiger partial charge in [0.05, 0.1) is 19.6 Å². The third kappa shape index (κ3) is 25.6. The third-order valence-electron chi connectivity index (χ3n) is 6.42. The monoisotopic (exact) mass is 680 g/mol. The smallest absolute Gasteiger partial charge is 1.00 e. The predicted octanol–water partition coefficient (Wildman–Crippen LogP) is 4.40. The summed E-state index contributed by atoms with van der Waals surface area (Å²) in [5.41, 5.74) is 0. The summed E-state index contributed by atoms with van der Waals surface area (Å²) >= 11 is 0.149. The van der Waals surface area contributed by atoms with E-state index in [0.29, 0.717) is 0 Å². The van der Waals surface area contributed by atoms with Crippen molar-refractivity contribution in [3.8, 4) is 0 Å². The van der Waals surface area contributed by atoms with Gasteiger partial charge in [0.1, 0.15) is 0 Å². The Kier molecular flexibility index (Phi) is 33.1. The zero-order valence-electron chi connectivity index (χ0n) is 26.6. The summed E-state index contributed by atoms with van der Waals surface area (Å²) < 4.78 is 46.0. The summed E-state index contributed by atoms with van der Waals surface area (Å²) in [5, 5.41) is -1.95. The van der Waals surface area contributed by atoms with Crippen LogP contribution in [-0.4, -0.2) is 64.5 Å². The number of esters is 2. The molecule has 1 N–H and O–H groups in total. The molecule has 0 saturated carbocycles. The Morgan fingerprint density at radius 3 is 1.55 bits per heavy atom. The van der Waals surface area contributed by atoms with Crippen LogP contribution in [0.5, 0.6) is 0 Å². The van der Waals surface area contributed by atoms with Gasteiger partial charge in [-0.25, -0.2) is 0 Å². The molecule has 0 fully saturated rings. The summed E-state index contributed by atoms with van der Waals surface area (Å²) in [6.45, 7) is 12.9. The van der Waals surface area contributed by atoms with Crippen LogP contribution in [0.3, 0.4) is 0 Å². The number of carbonyl (C=O) groups excluding carboxylic acids is 2. The van der Waals surface area contributed by atoms with Crippen LogP contribution < -0.4 is 29.6 Å². The van der Waals surface area contributed by atoms with E-state index >= 15 is 0 Å². The largest absolute Gasteiger partial charge is 1.00 e. The Balaban J connectivity index is -0.000000476. The van der Waals surface area contributed by atoms with Gasteiger partial charge in [-0.1, -0.05) is 66.2 Å². The Morgan fingerprint density at radius 2 is 1.18 bits per heavy atom. The van der Waals surface area contributed by atoms with E-state index in [9.17, 15) is 22.6 Å². The van der Waals surface area contributed by atoms with Crippen LogP contribution in [0.2, 0.25) is 8.87 Å². The van der Waals surface area contributed by atoms with Gasteiger partial charge in [0.25, 0.3) is 10.1 Å². The minimum absolute atomic E-state index is 0. The Bertz CT molecular complexity index is 662. The molecule has 0 aliphatic carbocycles. The van der Waals surface area contributed by atoms with Crippen LogP contribution in [0.1, 0.15) is 126 Å². The minimum Gasteiger partial charge on any atom is -1.00 e. The second kappa shape index (κ2) is 29.2. The van der Waals surface area contributed by atoms with E-state index in [1.54, 1.807) is 8.87 Å². The normalized spacial score (nSPS) is 13.3. The van der Waals surface area contributed by atoms with E-state index in [0.717, 1.165) is 51.4 Å². The molecule has 0 aliphatic heterocycles. The first-order valence-corrected chi connectivity index (χ1v) is 20.1. The molecule has 0 bridgehead atoms. The van der Waals surface area contributed by atoms with Crippen LogP contribution in [-0.2, 0) is 29.2 Å². The van der Waals surface area contributed by atoms with Crippen molar-refractivity contribution in [2.75, 3.05) is 13.2 Å². The number of rotatable bonds is 22. The summed E-state index contributed by atoms with van der Waals surface area (Å²) in [6.07, 6.45) is 12.6. The first-order valence-electron chi connectivity index (χ1n) is 14.6. The van der Waals surface area contributed by atoms with Crippen molar-refractivity contribution >= 4 is 43.2 Å². The standard InChI is InChI=1S/C20H38O7S.2C4H9.Na.Sn.H/c1-5-9-11-16(7-3)14-26-19(21)13-18(28(23,24)25)20(22)27-15-17(8-4)12-10-6-2;2*1-3-4-2;;;/h16-18H,5-15H2,1-4H3,(H,23,24,25);2*1,3-4H2,2H3;;;/q;;;+1;;-1. The summed E-state index contributed by atoms with van der Waals surface area (Å²) in [4.78, 5) is 24.2. The summed E-state index contributed by atoms with van der Waals surface area (Å²) in [5.74, 6) is -1.61. The molecule has 3 atom stereocenters. The Morgan fingerprint density at radius 1 is 0.763 bits per heavy atom. The number of ether oxygens (including phenoxy) is 2. The molecule has 0 rings (SSSR count). The average molecular weight is 680 g/mol. The van der Waals surface area contributed by atoms with E-state index in [1.165, 1.54) is 25.7 Å². The molecule has 0 spiro atoms. The second-order valence-electron chi connectivity index (χ2n) is 9.81. The minimum atomic E-state index is -4.76. The molecular formula is C28H57NaO7SSn. The van der Waals surface area contributed by atoms with Gasteiger partial charge < -0.3 is 10.9 Å². The van der Waals surface area contributed by atoms with Gasteiger partial charge in [-0.3, -0.25) is 14.1 Å². The van der Waals surface area contributed by atoms with E-state index in [-0.39, 0.29) is 77.2 Å². The van der Waals surface area contributed by atoms with Crippen LogP contribution in [0, 0.1) is 11.8 Å². The molecule has 0 aromatic heterocycles. The fourth-order valence-corrected chi connectivity index (χ4v) is 8.37. The summed E-state index contributed by atoms with van der Waals surface area (Å²) in [6, 6.07) is 0. The molecule has 38 heavy (non-hydrogen) atoms. The van der Waals surface area contributed by atoms with Gasteiger partial charge in [-0.15, -0.1) is 0 Å². The molecule has 0 aliphatic rings. The molecule has 10 heteroatoms. The van der Waals surface area contributed by atoms with Gasteiger partial charge in [0.2, 0.25) is 0 Å². The predicted molar refractivity (Wildman–Crippen MR) is 155 cm³/mol. The number of hydrogen-bond acceptors (Lipinski definition) is 6. The topological polar surface area (TPSA) is 107 Å². The van der Waals surface area contributed by atoms with Crippen molar-refractivity contribution in [1.82, 2.24) is 0 Å². The SMILES string of the molecule is CCCCC(CC)COC(=O)CC(C(=O)OCC(CC)CCCC)S(=O)(=O)O.CCC[CH2][Sn][CH2]CCC.[H-].[Na+]. The molecule has 7 nitrogen and oxygen atoms in total. The molecule has 2 radical (unpaired) electrons. The van der Waals surface area contributed by atoms with E-state index in [4.69, 9.17) is 9.47 Å². The van der Waals surface area contributed by atoms with E-state index in [1.807, 2.05) is 13.8 Å². The quantitative estimate of drug-likeness (QED) is 0.0783. The van der Waals surface area contributed by atoms with Crippen molar-refractivity contribution in [2.24, 2.45) is 11.8 Å². The fraction of sp³-hybridized carbons (Fsp3) is 0.929. The van der Waals surface area contributed by atoms with Crippen LogP contribution in [0.15, 0.2) is 0 Å². The van der Waals surface area contributed by atoms with Crippen molar-refractivity contribution in [1.29, 1.82) is 0 Å². The molecular weight excluding hydrogens is 622 g/mol. The Hall–Kier alpha value is 0.649. The van der Waals surface area contributed by atoms with Gasteiger partial charge in [0, 0.05) is 0 Å². The van der Waals surface area contributed by atoms with Crippen LogP contribution in [0.4, 0.5) is 0 Å². The maximum Gasteiger partial charge on any atom is 1.00 e. The molecule has 0 aromatic rings. The van der Waals surface area contributed by atoms with E-state index < -0.39 is 33.7 Å². The number of carbonyl (C=O) groups is 2. The molecule has 3 unspecified atom stereocenters. The van der Waals surface area contributed by atoms with Gasteiger partial charge >= 0.3 is 111 Å². The second-order valence-corrected chi connectivity index (χ2v) is 15.7. The van der Waals surface area contributed by atoms with E-state index in [2.05, 4.69) is 27.7 Å². The zero-order valence-corrected chi connectivity index (χ0v) is 31.2. The molecule has 0 heterocycles. The molecule has 222 valence electrons. The maximum absolute atomic E-state index is 12.2. The number of unbranched alkanes of at least 4 members (excludes halogenated alkanes) is 4. The average Bonchev–Trinajstić information content (AvgIpc) is 2.87. The summed E-state index contributed by atoms with van der Waals surface area (Å²) in [7, 11) is -4.76. The fourth-order valence-electron chi connectivity index (χ4n) is 3.55. The molecule has 0 amide bonds. The number of hydrogen-bond donors (Lipinski definition) is 1. The van der Waals surface area contributed by atoms with Crippen molar-refractivity contribution in [3.05, 3.63) is 0 Å². The third-order valence-corrected chi connectivity index (χ3v) is 11.5. The van der Waals surface area contributed by atoms with Crippen LogP contribution >= 0.6 is 0 Å². The van der Waals surface area contributed by atoms with Crippen molar-refractivity contribution in [3.63, 3.8) is 0 Å². The first kappa shape index (κ1) is 43.1. The molecule has 0 aromatic carbocycles. The van der Waals surface area contributed by atoms with Gasteiger partial charge in [-0.05, 0) is 24.7 Å². The Labute approximate surface area is 268 Å². The first-order chi connectivity index (χ1) is 17.6. The van der Waals surface area contributed by atoms with Gasteiger partial charge in [-0.2, -0.15) is 8.42 Å². The van der Waals surface area contributed by atoms with Crippen molar-refractivity contribution in [2.45, 2.75) is 139 Å². The molecule has 0 saturated heterocycles. The van der Waals surface area contributed by atoms with Gasteiger partial charge in [0.15, 0.2) is 5.25 Å². The zero-order chi connectivity index (χ0) is 28.5. The van der Waals surface area contributed by atoms with Crippen molar-refractivity contribution < 1.29 is 63.0 Å².